The lowest BCUT2D eigenvalue weighted by atomic mass is 10.1. The quantitative estimate of drug-likeness (QED) is 0.780. The highest BCUT2D eigenvalue weighted by Gasteiger charge is 2.26. The van der Waals surface area contributed by atoms with Gasteiger partial charge in [-0.15, -0.1) is 0 Å². The van der Waals surface area contributed by atoms with Crippen molar-refractivity contribution in [1.29, 1.82) is 10.5 Å². The first kappa shape index (κ1) is 11.9. The van der Waals surface area contributed by atoms with Crippen LogP contribution < -0.4 is 9.80 Å². The third kappa shape index (κ3) is 1.99. The minimum atomic E-state index is -0.00912. The number of likely N-dealkylation sites (N-methyl/N-ethyl adjacent to an activating group) is 1. The number of nitrogens with zero attached hydrogens (tertiary/aromatic N) is 4. The number of hydrogen-bond acceptors (Lipinski definition) is 4. The summed E-state index contributed by atoms with van der Waals surface area (Å²) in [6.07, 6.45) is 0.354. The van der Waals surface area contributed by atoms with E-state index >= 15 is 0 Å². The van der Waals surface area contributed by atoms with Gasteiger partial charge in [-0.2, -0.15) is 10.5 Å². The first-order valence-electron chi connectivity index (χ1n) is 5.60. The van der Waals surface area contributed by atoms with Crippen LogP contribution in [0.15, 0.2) is 18.2 Å². The lowest BCUT2D eigenvalue weighted by Crippen LogP contribution is -2.44. The summed E-state index contributed by atoms with van der Waals surface area (Å²) in [6.45, 7) is 0.748. The number of carbonyl (C=O) groups is 1. The summed E-state index contributed by atoms with van der Waals surface area (Å²) in [5.41, 5.74) is 2.17. The molecule has 2 rings (SSSR count). The van der Waals surface area contributed by atoms with Crippen LogP contribution in [0, 0.1) is 22.7 Å². The zero-order valence-electron chi connectivity index (χ0n) is 10.1. The molecule has 0 aromatic heterocycles. The van der Waals surface area contributed by atoms with Crippen LogP contribution in [0.2, 0.25) is 0 Å². The first-order chi connectivity index (χ1) is 8.67. The Morgan fingerprint density at radius 3 is 2.78 bits per heavy atom. The molecule has 1 amide bonds. The lowest BCUT2D eigenvalue weighted by Gasteiger charge is -2.35. The molecule has 1 aromatic carbocycles. The molecular formula is C13H12N4O. The van der Waals surface area contributed by atoms with E-state index in [1.807, 2.05) is 4.90 Å². The van der Waals surface area contributed by atoms with Crippen molar-refractivity contribution in [3.05, 3.63) is 23.8 Å². The Morgan fingerprint density at radius 2 is 2.11 bits per heavy atom. The van der Waals surface area contributed by atoms with E-state index < -0.39 is 0 Å². The normalized spacial score (nSPS) is 13.8. The number of benzene rings is 1. The molecule has 5 heteroatoms. The molecular weight excluding hydrogens is 228 g/mol. The second-order valence-electron chi connectivity index (χ2n) is 4.10. The van der Waals surface area contributed by atoms with E-state index in [1.165, 1.54) is 0 Å². The lowest BCUT2D eigenvalue weighted by molar-refractivity contribution is -0.117. The third-order valence-corrected chi connectivity index (χ3v) is 3.00. The topological polar surface area (TPSA) is 71.1 Å². The van der Waals surface area contributed by atoms with Gasteiger partial charge >= 0.3 is 0 Å². The van der Waals surface area contributed by atoms with Crippen LogP contribution in [-0.4, -0.2) is 26.0 Å². The van der Waals surface area contributed by atoms with Crippen LogP contribution in [0.25, 0.3) is 0 Å². The molecule has 0 atom stereocenters. The summed E-state index contributed by atoms with van der Waals surface area (Å²) in [4.78, 5) is 15.3. The fraction of sp³-hybridized carbons (Fsp3) is 0.308. The zero-order valence-corrected chi connectivity index (χ0v) is 10.1. The number of amides is 1. The molecule has 1 heterocycles. The molecule has 5 nitrogen and oxygen atoms in total. The van der Waals surface area contributed by atoms with Crippen molar-refractivity contribution in [2.75, 3.05) is 29.9 Å². The van der Waals surface area contributed by atoms with Gasteiger partial charge in [-0.05, 0) is 18.2 Å². The summed E-state index contributed by atoms with van der Waals surface area (Å²) in [5, 5.41) is 17.6. The average molecular weight is 240 g/mol. The Kier molecular flexibility index (Phi) is 3.16. The predicted octanol–water partition coefficient (Wildman–Crippen LogP) is 1.25. The van der Waals surface area contributed by atoms with Crippen LogP contribution in [0.4, 0.5) is 11.4 Å². The van der Waals surface area contributed by atoms with Gasteiger partial charge in [0, 0.05) is 13.6 Å². The standard InChI is InChI=1S/C13H12N4O/c1-16-11-4-3-10(8-15)7-12(11)17(6-2-5-14)9-13(16)18/h3-4,7H,2,6,9H2,1H3. The van der Waals surface area contributed by atoms with Gasteiger partial charge in [0.05, 0.1) is 42.0 Å². The molecule has 0 N–H and O–H groups in total. The van der Waals surface area contributed by atoms with Gasteiger partial charge in [-0.1, -0.05) is 0 Å². The highest BCUT2D eigenvalue weighted by molar-refractivity contribution is 6.02. The van der Waals surface area contributed by atoms with Gasteiger partial charge in [0.25, 0.3) is 0 Å². The van der Waals surface area contributed by atoms with Gasteiger partial charge in [0.15, 0.2) is 0 Å². The van der Waals surface area contributed by atoms with Crippen molar-refractivity contribution in [1.82, 2.24) is 0 Å². The van der Waals surface area contributed by atoms with E-state index in [1.54, 1.807) is 30.1 Å². The molecule has 0 bridgehead atoms. The van der Waals surface area contributed by atoms with Crippen molar-refractivity contribution in [3.63, 3.8) is 0 Å². The summed E-state index contributed by atoms with van der Waals surface area (Å²) in [5.74, 6) is -0.00912. The highest BCUT2D eigenvalue weighted by Crippen LogP contribution is 2.33. The Balaban J connectivity index is 2.44. The van der Waals surface area contributed by atoms with E-state index in [2.05, 4.69) is 12.1 Å². The Bertz CT molecular complexity index is 567. The fourth-order valence-corrected chi connectivity index (χ4v) is 2.00. The molecule has 0 saturated heterocycles. The highest BCUT2D eigenvalue weighted by atomic mass is 16.2. The van der Waals surface area contributed by atoms with Crippen LogP contribution in [0.5, 0.6) is 0 Å². The minimum absolute atomic E-state index is 0.00912. The number of carbonyl (C=O) groups excluding carboxylic acids is 1. The molecule has 1 aromatic rings. The number of fused-ring (bicyclic) bond motifs is 1. The van der Waals surface area contributed by atoms with Crippen molar-refractivity contribution in [3.8, 4) is 12.1 Å². The Hall–Kier alpha value is -2.53. The smallest absolute Gasteiger partial charge is 0.246 e. The molecule has 0 unspecified atom stereocenters. The summed E-state index contributed by atoms with van der Waals surface area (Å²) >= 11 is 0. The molecule has 1 aliphatic rings. The van der Waals surface area contributed by atoms with E-state index in [-0.39, 0.29) is 12.5 Å². The zero-order chi connectivity index (χ0) is 13.1. The fourth-order valence-electron chi connectivity index (χ4n) is 2.00. The molecule has 0 saturated carbocycles. The molecule has 0 spiro atoms. The van der Waals surface area contributed by atoms with Crippen molar-refractivity contribution in [2.24, 2.45) is 0 Å². The van der Waals surface area contributed by atoms with Crippen LogP contribution in [0.1, 0.15) is 12.0 Å². The number of rotatable bonds is 2. The monoisotopic (exact) mass is 240 g/mol. The maximum absolute atomic E-state index is 11.8. The van der Waals surface area contributed by atoms with E-state index in [4.69, 9.17) is 10.5 Å². The maximum atomic E-state index is 11.8. The van der Waals surface area contributed by atoms with Crippen molar-refractivity contribution < 1.29 is 4.79 Å². The number of anilines is 2. The van der Waals surface area contributed by atoms with Gasteiger partial charge in [0.2, 0.25) is 5.91 Å². The second kappa shape index (κ2) is 4.77. The molecule has 1 aliphatic heterocycles. The first-order valence-corrected chi connectivity index (χ1v) is 5.60. The van der Waals surface area contributed by atoms with Crippen LogP contribution in [-0.2, 0) is 4.79 Å². The van der Waals surface area contributed by atoms with Crippen LogP contribution >= 0.6 is 0 Å². The Morgan fingerprint density at radius 1 is 1.33 bits per heavy atom. The summed E-state index contributed by atoms with van der Waals surface area (Å²) < 4.78 is 0. The van der Waals surface area contributed by atoms with Crippen molar-refractivity contribution >= 4 is 17.3 Å². The van der Waals surface area contributed by atoms with E-state index in [0.29, 0.717) is 18.5 Å². The number of hydrogen-bond donors (Lipinski definition) is 0. The number of nitriles is 2. The maximum Gasteiger partial charge on any atom is 0.246 e. The van der Waals surface area contributed by atoms with Crippen LogP contribution in [0.3, 0.4) is 0 Å². The SMILES string of the molecule is CN1C(=O)CN(CCC#N)c2cc(C#N)ccc21. The van der Waals surface area contributed by atoms with Gasteiger partial charge < -0.3 is 9.80 Å². The molecule has 0 radical (unpaired) electrons. The summed E-state index contributed by atoms with van der Waals surface area (Å²) in [6, 6.07) is 9.37. The van der Waals surface area contributed by atoms with Gasteiger partial charge in [0.1, 0.15) is 0 Å². The largest absolute Gasteiger partial charge is 0.359 e. The summed E-state index contributed by atoms with van der Waals surface area (Å²) in [7, 11) is 1.72. The predicted molar refractivity (Wildman–Crippen MR) is 67.0 cm³/mol. The Labute approximate surface area is 105 Å². The molecule has 0 fully saturated rings. The van der Waals surface area contributed by atoms with Crippen molar-refractivity contribution in [2.45, 2.75) is 6.42 Å². The van der Waals surface area contributed by atoms with Gasteiger partial charge in [-0.3, -0.25) is 4.79 Å². The third-order valence-electron chi connectivity index (χ3n) is 3.00. The minimum Gasteiger partial charge on any atom is -0.359 e. The average Bonchev–Trinajstić information content (AvgIpc) is 2.40. The molecule has 18 heavy (non-hydrogen) atoms. The van der Waals surface area contributed by atoms with E-state index in [9.17, 15) is 4.79 Å². The van der Waals surface area contributed by atoms with E-state index in [0.717, 1.165) is 11.4 Å². The second-order valence-corrected chi connectivity index (χ2v) is 4.10. The van der Waals surface area contributed by atoms with Gasteiger partial charge in [-0.25, -0.2) is 0 Å². The molecule has 90 valence electrons. The molecule has 0 aliphatic carbocycles.